The number of aromatic hydroxyl groups is 2. The second-order valence-corrected chi connectivity index (χ2v) is 8.19. The molecule has 0 atom stereocenters. The van der Waals surface area contributed by atoms with Crippen LogP contribution in [0.2, 0.25) is 0 Å². The van der Waals surface area contributed by atoms with Gasteiger partial charge in [0.2, 0.25) is 0 Å². The summed E-state index contributed by atoms with van der Waals surface area (Å²) in [6.45, 7) is 0. The molecule has 4 aromatic carbocycles. The first-order chi connectivity index (χ1) is 16.0. The van der Waals surface area contributed by atoms with Crippen LogP contribution in [0.5, 0.6) is 11.5 Å². The van der Waals surface area contributed by atoms with Crippen LogP contribution in [0.15, 0.2) is 107 Å². The van der Waals surface area contributed by atoms with E-state index in [1.807, 2.05) is 24.3 Å². The first kappa shape index (κ1) is 22.0. The lowest BCUT2D eigenvalue weighted by Crippen LogP contribution is -2.14. The smallest absolute Gasteiger partial charge is 0.256 e. The molecule has 0 spiro atoms. The molecule has 0 aliphatic rings. The molecule has 0 saturated carbocycles. The molecule has 4 rings (SSSR count). The number of carbonyl (C=O) groups excluding carboxylic acids is 2. The van der Waals surface area contributed by atoms with Gasteiger partial charge in [0.1, 0.15) is 11.5 Å². The molecule has 0 aliphatic carbocycles. The van der Waals surface area contributed by atoms with Crippen LogP contribution in [0.25, 0.3) is 0 Å². The molecule has 0 radical (unpaired) electrons. The number of hydrogen-bond acceptors (Lipinski definition) is 5. The summed E-state index contributed by atoms with van der Waals surface area (Å²) in [5, 5.41) is 24.9. The fraction of sp³-hybridized carbons (Fsp3) is 0. The fourth-order valence-corrected chi connectivity index (χ4v) is 4.24. The minimum Gasteiger partial charge on any atom is -0.508 e. The predicted octanol–water partition coefficient (Wildman–Crippen LogP) is 5.75. The Hall–Kier alpha value is -4.23. The van der Waals surface area contributed by atoms with Crippen molar-refractivity contribution in [2.75, 3.05) is 10.6 Å². The Balaban J connectivity index is 1.58. The third-order valence-electron chi connectivity index (χ3n) is 4.69. The molecule has 6 nitrogen and oxygen atoms in total. The van der Waals surface area contributed by atoms with E-state index in [9.17, 15) is 19.8 Å². The molecule has 0 bridgehead atoms. The Labute approximate surface area is 194 Å². The van der Waals surface area contributed by atoms with Crippen molar-refractivity contribution in [3.63, 3.8) is 0 Å². The highest BCUT2D eigenvalue weighted by molar-refractivity contribution is 7.99. The van der Waals surface area contributed by atoms with Gasteiger partial charge >= 0.3 is 0 Å². The molecule has 2 amide bonds. The number of carbonyl (C=O) groups is 2. The van der Waals surface area contributed by atoms with Crippen molar-refractivity contribution in [1.82, 2.24) is 0 Å². The summed E-state index contributed by atoms with van der Waals surface area (Å²) in [6, 6.07) is 26.9. The minimum absolute atomic E-state index is 0.0575. The predicted molar refractivity (Wildman–Crippen MR) is 129 cm³/mol. The molecule has 0 saturated heterocycles. The number of hydrogen-bond donors (Lipinski definition) is 4. The zero-order chi connectivity index (χ0) is 23.2. The van der Waals surface area contributed by atoms with E-state index in [4.69, 9.17) is 0 Å². The number of nitrogens with one attached hydrogen (secondary N) is 2. The number of rotatable bonds is 6. The molecule has 4 N–H and O–H groups in total. The largest absolute Gasteiger partial charge is 0.508 e. The summed E-state index contributed by atoms with van der Waals surface area (Å²) in [5.74, 6) is -0.542. The molecule has 0 heterocycles. The van der Waals surface area contributed by atoms with E-state index in [-0.39, 0.29) is 23.3 Å². The summed E-state index contributed by atoms with van der Waals surface area (Å²) >= 11 is 1.30. The standard InChI is InChI=1S/C26H20N2O4S/c29-19-9-5-7-17(15-19)27-25(31)21-11-1-3-13-23(21)33-24-14-4-2-12-22(24)26(32)28-18-8-6-10-20(30)16-18/h1-16,29-30H,(H,27,31)(H,28,32). The van der Waals surface area contributed by atoms with Gasteiger partial charge < -0.3 is 20.8 Å². The molecule has 0 aliphatic heterocycles. The Morgan fingerprint density at radius 2 is 1.00 bits per heavy atom. The highest BCUT2D eigenvalue weighted by Crippen LogP contribution is 2.34. The third kappa shape index (κ3) is 5.53. The van der Waals surface area contributed by atoms with E-state index in [1.165, 1.54) is 36.0 Å². The maximum Gasteiger partial charge on any atom is 0.256 e. The van der Waals surface area contributed by atoms with Crippen LogP contribution in [0.4, 0.5) is 11.4 Å². The molecule has 33 heavy (non-hydrogen) atoms. The Morgan fingerprint density at radius 1 is 0.576 bits per heavy atom. The monoisotopic (exact) mass is 456 g/mol. The summed E-state index contributed by atoms with van der Waals surface area (Å²) < 4.78 is 0. The zero-order valence-corrected chi connectivity index (χ0v) is 18.2. The Morgan fingerprint density at radius 3 is 1.42 bits per heavy atom. The van der Waals surface area contributed by atoms with E-state index in [1.54, 1.807) is 48.5 Å². The lowest BCUT2D eigenvalue weighted by Gasteiger charge is -2.13. The Kier molecular flexibility index (Phi) is 6.61. The topological polar surface area (TPSA) is 98.7 Å². The van der Waals surface area contributed by atoms with Crippen molar-refractivity contribution >= 4 is 35.0 Å². The maximum absolute atomic E-state index is 12.9. The third-order valence-corrected chi connectivity index (χ3v) is 5.84. The molecule has 0 fully saturated rings. The van der Waals surface area contributed by atoms with Crippen molar-refractivity contribution < 1.29 is 19.8 Å². The van der Waals surface area contributed by atoms with Crippen LogP contribution >= 0.6 is 11.8 Å². The molecule has 164 valence electrons. The van der Waals surface area contributed by atoms with Gasteiger partial charge in [0.25, 0.3) is 11.8 Å². The van der Waals surface area contributed by atoms with E-state index in [0.717, 1.165) is 0 Å². The second-order valence-electron chi connectivity index (χ2n) is 7.10. The summed E-state index contributed by atoms with van der Waals surface area (Å²) in [7, 11) is 0. The minimum atomic E-state index is -0.328. The van der Waals surface area contributed by atoms with E-state index >= 15 is 0 Å². The summed E-state index contributed by atoms with van der Waals surface area (Å²) in [5.41, 5.74) is 1.83. The van der Waals surface area contributed by atoms with Gasteiger partial charge in [-0.3, -0.25) is 9.59 Å². The van der Waals surface area contributed by atoms with Gasteiger partial charge in [-0.05, 0) is 48.5 Å². The normalized spacial score (nSPS) is 10.4. The van der Waals surface area contributed by atoms with Crippen LogP contribution in [-0.4, -0.2) is 22.0 Å². The maximum atomic E-state index is 12.9. The number of phenolic OH excluding ortho intramolecular Hbond substituents is 2. The van der Waals surface area contributed by atoms with E-state index in [0.29, 0.717) is 32.3 Å². The van der Waals surface area contributed by atoms with Crippen LogP contribution in [0, 0.1) is 0 Å². The van der Waals surface area contributed by atoms with Gasteiger partial charge in [0, 0.05) is 33.3 Å². The van der Waals surface area contributed by atoms with Crippen molar-refractivity contribution in [2.24, 2.45) is 0 Å². The first-order valence-electron chi connectivity index (χ1n) is 10.1. The molecular weight excluding hydrogens is 436 g/mol. The first-order valence-corrected chi connectivity index (χ1v) is 10.9. The quantitative estimate of drug-likeness (QED) is 0.296. The van der Waals surface area contributed by atoms with Crippen LogP contribution in [-0.2, 0) is 0 Å². The van der Waals surface area contributed by atoms with Crippen LogP contribution in [0.3, 0.4) is 0 Å². The van der Waals surface area contributed by atoms with Crippen LogP contribution < -0.4 is 10.6 Å². The average Bonchev–Trinajstić information content (AvgIpc) is 2.80. The van der Waals surface area contributed by atoms with Gasteiger partial charge in [-0.2, -0.15) is 0 Å². The van der Waals surface area contributed by atoms with Gasteiger partial charge in [0.15, 0.2) is 0 Å². The number of phenols is 2. The number of benzene rings is 4. The average molecular weight is 457 g/mol. The van der Waals surface area contributed by atoms with Gasteiger partial charge in [-0.15, -0.1) is 0 Å². The Bertz CT molecular complexity index is 1220. The molecule has 0 aromatic heterocycles. The highest BCUT2D eigenvalue weighted by Gasteiger charge is 2.17. The second kappa shape index (κ2) is 9.93. The van der Waals surface area contributed by atoms with E-state index < -0.39 is 0 Å². The lowest BCUT2D eigenvalue weighted by atomic mass is 10.2. The summed E-state index contributed by atoms with van der Waals surface area (Å²) in [6.07, 6.45) is 0. The SMILES string of the molecule is O=C(Nc1cccc(O)c1)c1ccccc1Sc1ccccc1C(=O)Nc1cccc(O)c1. The number of amides is 2. The van der Waals surface area contributed by atoms with Crippen molar-refractivity contribution in [2.45, 2.75) is 9.79 Å². The lowest BCUT2D eigenvalue weighted by molar-refractivity contribution is 0.101. The van der Waals surface area contributed by atoms with Gasteiger partial charge in [0.05, 0.1) is 11.1 Å². The van der Waals surface area contributed by atoms with Crippen LogP contribution in [0.1, 0.15) is 20.7 Å². The van der Waals surface area contributed by atoms with Crippen molar-refractivity contribution in [3.05, 3.63) is 108 Å². The van der Waals surface area contributed by atoms with E-state index in [2.05, 4.69) is 10.6 Å². The number of anilines is 2. The highest BCUT2D eigenvalue weighted by atomic mass is 32.2. The molecule has 4 aromatic rings. The fourth-order valence-electron chi connectivity index (χ4n) is 3.17. The molecule has 7 heteroatoms. The van der Waals surface area contributed by atoms with Crippen molar-refractivity contribution in [1.29, 1.82) is 0 Å². The van der Waals surface area contributed by atoms with Crippen molar-refractivity contribution in [3.8, 4) is 11.5 Å². The molecule has 0 unspecified atom stereocenters. The van der Waals surface area contributed by atoms with Gasteiger partial charge in [-0.1, -0.05) is 48.2 Å². The van der Waals surface area contributed by atoms with Gasteiger partial charge in [-0.25, -0.2) is 0 Å². The summed E-state index contributed by atoms with van der Waals surface area (Å²) in [4.78, 5) is 27.2. The zero-order valence-electron chi connectivity index (χ0n) is 17.4. The molecular formula is C26H20N2O4S.